The Morgan fingerprint density at radius 3 is 2.69 bits per heavy atom. The maximum atomic E-state index is 9.58. The van der Waals surface area contributed by atoms with E-state index in [1.54, 1.807) is 6.08 Å². The number of rotatable bonds is 3. The molecule has 0 bridgehead atoms. The second-order valence-electron chi connectivity index (χ2n) is 4.07. The molecule has 0 unspecified atom stereocenters. The summed E-state index contributed by atoms with van der Waals surface area (Å²) in [7, 11) is 0. The lowest BCUT2D eigenvalue weighted by Crippen LogP contribution is -2.31. The molecule has 0 radical (unpaired) electrons. The van der Waals surface area contributed by atoms with Gasteiger partial charge in [0, 0.05) is 6.42 Å². The molecule has 2 N–H and O–H groups in total. The monoisotopic (exact) mass is 182 g/mol. The average Bonchev–Trinajstić information content (AvgIpc) is 2.01. The van der Waals surface area contributed by atoms with Gasteiger partial charge in [0.05, 0.1) is 0 Å². The van der Waals surface area contributed by atoms with Crippen molar-refractivity contribution in [1.82, 2.24) is 0 Å². The lowest BCUT2D eigenvalue weighted by atomic mass is 9.91. The highest BCUT2D eigenvalue weighted by molar-refractivity contribution is 5.24. The van der Waals surface area contributed by atoms with Gasteiger partial charge in [-0.1, -0.05) is 32.1 Å². The SMILES string of the molecule is CC(C)CCC1=CC=CCC1(O)O. The molecule has 0 aromatic rings. The zero-order chi connectivity index (χ0) is 9.90. The standard InChI is InChI=1S/C11H18O2/c1-9(2)6-7-10-5-3-4-8-11(10,12)13/h3-5,9,12-13H,6-8H2,1-2H3. The summed E-state index contributed by atoms with van der Waals surface area (Å²) >= 11 is 0. The van der Waals surface area contributed by atoms with E-state index in [2.05, 4.69) is 13.8 Å². The van der Waals surface area contributed by atoms with E-state index in [9.17, 15) is 10.2 Å². The van der Waals surface area contributed by atoms with E-state index >= 15 is 0 Å². The van der Waals surface area contributed by atoms with Crippen LogP contribution >= 0.6 is 0 Å². The van der Waals surface area contributed by atoms with Gasteiger partial charge in [0.2, 0.25) is 0 Å². The molecule has 0 aliphatic heterocycles. The Kier molecular flexibility index (Phi) is 3.28. The smallest absolute Gasteiger partial charge is 0.189 e. The van der Waals surface area contributed by atoms with Crippen molar-refractivity contribution in [3.63, 3.8) is 0 Å². The fourth-order valence-electron chi connectivity index (χ4n) is 1.41. The normalized spacial score (nSPS) is 20.5. The van der Waals surface area contributed by atoms with Crippen LogP contribution in [0.25, 0.3) is 0 Å². The van der Waals surface area contributed by atoms with Crippen LogP contribution in [0.4, 0.5) is 0 Å². The Balaban J connectivity index is 2.56. The van der Waals surface area contributed by atoms with E-state index in [1.807, 2.05) is 12.2 Å². The second kappa shape index (κ2) is 4.07. The molecular weight excluding hydrogens is 164 g/mol. The van der Waals surface area contributed by atoms with Gasteiger partial charge in [-0.2, -0.15) is 0 Å². The minimum atomic E-state index is -1.59. The minimum absolute atomic E-state index is 0.316. The van der Waals surface area contributed by atoms with Crippen molar-refractivity contribution in [3.05, 3.63) is 23.8 Å². The molecule has 1 aliphatic rings. The third kappa shape index (κ3) is 2.98. The molecule has 1 aliphatic carbocycles. The third-order valence-electron chi connectivity index (χ3n) is 2.34. The first-order valence-electron chi connectivity index (χ1n) is 4.83. The topological polar surface area (TPSA) is 40.5 Å². The maximum Gasteiger partial charge on any atom is 0.189 e. The van der Waals surface area contributed by atoms with E-state index in [4.69, 9.17) is 0 Å². The molecule has 2 heteroatoms. The van der Waals surface area contributed by atoms with E-state index < -0.39 is 5.79 Å². The quantitative estimate of drug-likeness (QED) is 0.655. The molecular formula is C11H18O2. The zero-order valence-electron chi connectivity index (χ0n) is 8.33. The van der Waals surface area contributed by atoms with E-state index in [0.717, 1.165) is 18.4 Å². The largest absolute Gasteiger partial charge is 0.362 e. The molecule has 0 aromatic carbocycles. The fraction of sp³-hybridized carbons (Fsp3) is 0.636. The Morgan fingerprint density at radius 2 is 2.15 bits per heavy atom. The Labute approximate surface area is 79.6 Å². The van der Waals surface area contributed by atoms with E-state index in [1.165, 1.54) is 0 Å². The van der Waals surface area contributed by atoms with Gasteiger partial charge in [-0.15, -0.1) is 0 Å². The van der Waals surface area contributed by atoms with Crippen molar-refractivity contribution in [1.29, 1.82) is 0 Å². The van der Waals surface area contributed by atoms with Crippen molar-refractivity contribution in [2.24, 2.45) is 5.92 Å². The fourth-order valence-corrected chi connectivity index (χ4v) is 1.41. The van der Waals surface area contributed by atoms with E-state index in [-0.39, 0.29) is 0 Å². The van der Waals surface area contributed by atoms with Crippen LogP contribution < -0.4 is 0 Å². The number of hydrogen-bond donors (Lipinski definition) is 2. The van der Waals surface area contributed by atoms with Gasteiger partial charge in [-0.25, -0.2) is 0 Å². The molecule has 0 aromatic heterocycles. The first kappa shape index (κ1) is 10.5. The van der Waals surface area contributed by atoms with Crippen LogP contribution in [0.1, 0.15) is 33.1 Å². The summed E-state index contributed by atoms with van der Waals surface area (Å²) < 4.78 is 0. The Hall–Kier alpha value is -0.600. The van der Waals surface area contributed by atoms with Crippen LogP contribution in [0, 0.1) is 5.92 Å². The third-order valence-corrected chi connectivity index (χ3v) is 2.34. The lowest BCUT2D eigenvalue weighted by molar-refractivity contribution is -0.127. The van der Waals surface area contributed by atoms with Gasteiger partial charge >= 0.3 is 0 Å². The summed E-state index contributed by atoms with van der Waals surface area (Å²) in [4.78, 5) is 0. The molecule has 74 valence electrons. The number of aliphatic hydroxyl groups is 2. The second-order valence-corrected chi connectivity index (χ2v) is 4.07. The highest BCUT2D eigenvalue weighted by Crippen LogP contribution is 2.27. The number of allylic oxidation sites excluding steroid dienone is 2. The van der Waals surface area contributed by atoms with Crippen LogP contribution in [-0.4, -0.2) is 16.0 Å². The average molecular weight is 182 g/mol. The van der Waals surface area contributed by atoms with Crippen LogP contribution in [0.5, 0.6) is 0 Å². The molecule has 0 saturated heterocycles. The van der Waals surface area contributed by atoms with E-state index in [0.29, 0.717) is 12.3 Å². The predicted octanol–water partition coefficient (Wildman–Crippen LogP) is 1.99. The Morgan fingerprint density at radius 1 is 1.46 bits per heavy atom. The van der Waals surface area contributed by atoms with Crippen LogP contribution in [0.15, 0.2) is 23.8 Å². The molecule has 0 atom stereocenters. The highest BCUT2D eigenvalue weighted by atomic mass is 16.5. The molecule has 0 spiro atoms. The van der Waals surface area contributed by atoms with Crippen molar-refractivity contribution in [2.45, 2.75) is 38.9 Å². The zero-order valence-corrected chi connectivity index (χ0v) is 8.33. The number of hydrogen-bond acceptors (Lipinski definition) is 2. The highest BCUT2D eigenvalue weighted by Gasteiger charge is 2.27. The van der Waals surface area contributed by atoms with Gasteiger partial charge in [0.25, 0.3) is 0 Å². The van der Waals surface area contributed by atoms with Gasteiger partial charge < -0.3 is 10.2 Å². The molecule has 1 rings (SSSR count). The van der Waals surface area contributed by atoms with Crippen molar-refractivity contribution in [2.75, 3.05) is 0 Å². The summed E-state index contributed by atoms with van der Waals surface area (Å²) in [5.74, 6) is -0.994. The van der Waals surface area contributed by atoms with Crippen molar-refractivity contribution >= 4 is 0 Å². The summed E-state index contributed by atoms with van der Waals surface area (Å²) in [6.45, 7) is 4.27. The van der Waals surface area contributed by atoms with Gasteiger partial charge in [0.1, 0.15) is 0 Å². The molecule has 2 nitrogen and oxygen atoms in total. The first-order chi connectivity index (χ1) is 6.02. The van der Waals surface area contributed by atoms with Crippen LogP contribution in [-0.2, 0) is 0 Å². The molecule has 0 saturated carbocycles. The van der Waals surface area contributed by atoms with Gasteiger partial charge in [-0.05, 0) is 24.3 Å². The molecule has 0 fully saturated rings. The summed E-state index contributed by atoms with van der Waals surface area (Å²) in [6, 6.07) is 0. The summed E-state index contributed by atoms with van der Waals surface area (Å²) in [5, 5.41) is 19.2. The first-order valence-corrected chi connectivity index (χ1v) is 4.83. The molecule has 0 amide bonds. The maximum absolute atomic E-state index is 9.58. The van der Waals surface area contributed by atoms with Crippen molar-refractivity contribution < 1.29 is 10.2 Å². The van der Waals surface area contributed by atoms with Gasteiger partial charge in [-0.3, -0.25) is 0 Å². The summed E-state index contributed by atoms with van der Waals surface area (Å²) in [6.07, 6.45) is 7.57. The summed E-state index contributed by atoms with van der Waals surface area (Å²) in [5.41, 5.74) is 0.740. The predicted molar refractivity (Wildman–Crippen MR) is 53.1 cm³/mol. The molecule has 13 heavy (non-hydrogen) atoms. The lowest BCUT2D eigenvalue weighted by Gasteiger charge is -2.26. The van der Waals surface area contributed by atoms with Crippen LogP contribution in [0.3, 0.4) is 0 Å². The molecule has 0 heterocycles. The van der Waals surface area contributed by atoms with Gasteiger partial charge in [0.15, 0.2) is 5.79 Å². The minimum Gasteiger partial charge on any atom is -0.362 e. The van der Waals surface area contributed by atoms with Crippen LogP contribution in [0.2, 0.25) is 0 Å². The van der Waals surface area contributed by atoms with Crippen molar-refractivity contribution in [3.8, 4) is 0 Å². The Bertz CT molecular complexity index is 224.